The summed E-state index contributed by atoms with van der Waals surface area (Å²) < 4.78 is 12.2. The molecule has 0 aliphatic carbocycles. The van der Waals surface area contributed by atoms with Crippen LogP contribution in [0.2, 0.25) is 0 Å². The van der Waals surface area contributed by atoms with Crippen molar-refractivity contribution in [3.63, 3.8) is 0 Å². The molecule has 0 fully saturated rings. The molecule has 0 unspecified atom stereocenters. The molecule has 2 aromatic heterocycles. The standard InChI is InChI=1S/C35H21N5O4/c36-20-29-30(43-23-16-12-21(13-17-23)32-25-6-1-3-8-27(25)34(41)39-37-32)10-5-11-31(29)44-24-18-14-22(15-19-24)33-26-7-2-4-9-28(26)35(42)40-38-33/h1-19H,(H,39,41)(H,40,42). The SMILES string of the molecule is N#Cc1c(Oc2ccc(-c3n[nH]c(=O)c4ccccc34)cc2)cccc1Oc1ccc(-c2n[nH]c(=O)c3ccccc23)cc1. The van der Waals surface area contributed by atoms with Crippen LogP contribution >= 0.6 is 0 Å². The number of nitrogens with one attached hydrogen (secondary N) is 2. The Morgan fingerprint density at radius 2 is 0.932 bits per heavy atom. The third kappa shape index (κ3) is 4.82. The van der Waals surface area contributed by atoms with Crippen molar-refractivity contribution in [2.75, 3.05) is 0 Å². The molecule has 0 aliphatic heterocycles. The van der Waals surface area contributed by atoms with Crippen molar-refractivity contribution in [2.45, 2.75) is 0 Å². The number of hydrogen-bond donors (Lipinski definition) is 2. The first-order valence-corrected chi connectivity index (χ1v) is 13.6. The lowest BCUT2D eigenvalue weighted by atomic mass is 10.1. The van der Waals surface area contributed by atoms with Crippen LogP contribution in [-0.4, -0.2) is 20.4 Å². The molecule has 7 aromatic rings. The maximum absolute atomic E-state index is 12.2. The van der Waals surface area contributed by atoms with Gasteiger partial charge in [-0.15, -0.1) is 0 Å². The first-order valence-electron chi connectivity index (χ1n) is 13.6. The Kier molecular flexibility index (Phi) is 6.62. The summed E-state index contributed by atoms with van der Waals surface area (Å²) in [5.41, 5.74) is 2.65. The lowest BCUT2D eigenvalue weighted by molar-refractivity contribution is 0.457. The lowest BCUT2D eigenvalue weighted by Gasteiger charge is -2.13. The largest absolute Gasteiger partial charge is 0.456 e. The molecule has 44 heavy (non-hydrogen) atoms. The zero-order valence-electron chi connectivity index (χ0n) is 22.9. The van der Waals surface area contributed by atoms with Crippen LogP contribution in [0.4, 0.5) is 0 Å². The Hall–Kier alpha value is -6.53. The van der Waals surface area contributed by atoms with Gasteiger partial charge in [0.1, 0.15) is 34.6 Å². The highest BCUT2D eigenvalue weighted by Crippen LogP contribution is 2.36. The van der Waals surface area contributed by atoms with Gasteiger partial charge in [-0.1, -0.05) is 42.5 Å². The van der Waals surface area contributed by atoms with Crippen molar-refractivity contribution in [1.82, 2.24) is 20.4 Å². The van der Waals surface area contributed by atoms with Crippen LogP contribution in [0.1, 0.15) is 5.56 Å². The van der Waals surface area contributed by atoms with Gasteiger partial charge in [-0.3, -0.25) is 9.59 Å². The molecule has 2 N–H and O–H groups in total. The van der Waals surface area contributed by atoms with E-state index in [-0.39, 0.29) is 16.7 Å². The van der Waals surface area contributed by atoms with Crippen LogP contribution in [0.15, 0.2) is 125 Å². The monoisotopic (exact) mass is 575 g/mol. The minimum absolute atomic E-state index is 0.238. The smallest absolute Gasteiger partial charge is 0.272 e. The number of aromatic nitrogens is 4. The third-order valence-corrected chi connectivity index (χ3v) is 7.20. The molecule has 0 aliphatic rings. The molecule has 0 bridgehead atoms. The Labute approximate surface area is 249 Å². The van der Waals surface area contributed by atoms with Gasteiger partial charge in [0, 0.05) is 21.9 Å². The van der Waals surface area contributed by atoms with Crippen LogP contribution < -0.4 is 20.6 Å². The number of benzene rings is 5. The number of aromatic amines is 2. The van der Waals surface area contributed by atoms with E-state index in [0.717, 1.165) is 21.9 Å². The molecule has 210 valence electrons. The topological polar surface area (TPSA) is 134 Å². The van der Waals surface area contributed by atoms with Gasteiger partial charge in [0.2, 0.25) is 0 Å². The first kappa shape index (κ1) is 26.4. The highest BCUT2D eigenvalue weighted by atomic mass is 16.5. The number of fused-ring (bicyclic) bond motifs is 2. The molecule has 0 amide bonds. The van der Waals surface area contributed by atoms with E-state index in [1.165, 1.54) is 0 Å². The van der Waals surface area contributed by atoms with Crippen molar-refractivity contribution in [3.8, 4) is 51.6 Å². The van der Waals surface area contributed by atoms with E-state index in [0.29, 0.717) is 45.2 Å². The van der Waals surface area contributed by atoms with Crippen LogP contribution in [0.5, 0.6) is 23.0 Å². The van der Waals surface area contributed by atoms with Gasteiger partial charge in [0.15, 0.2) is 0 Å². The van der Waals surface area contributed by atoms with Gasteiger partial charge < -0.3 is 9.47 Å². The fraction of sp³-hybridized carbons (Fsp3) is 0. The molecule has 0 saturated carbocycles. The number of H-pyrrole nitrogens is 2. The number of rotatable bonds is 6. The number of ether oxygens (including phenoxy) is 2. The summed E-state index contributed by atoms with van der Waals surface area (Å²) >= 11 is 0. The number of nitriles is 1. The zero-order valence-corrected chi connectivity index (χ0v) is 22.9. The minimum atomic E-state index is -0.245. The number of hydrogen-bond acceptors (Lipinski definition) is 7. The zero-order chi connectivity index (χ0) is 30.0. The van der Waals surface area contributed by atoms with E-state index >= 15 is 0 Å². The van der Waals surface area contributed by atoms with Crippen LogP contribution in [0.3, 0.4) is 0 Å². The molecule has 9 heteroatoms. The average molecular weight is 576 g/mol. The molecule has 0 atom stereocenters. The first-order chi connectivity index (χ1) is 21.6. The summed E-state index contributed by atoms with van der Waals surface area (Å²) in [5, 5.41) is 26.2. The highest BCUT2D eigenvalue weighted by molar-refractivity contribution is 5.94. The Morgan fingerprint density at radius 3 is 1.34 bits per heavy atom. The van der Waals surface area contributed by atoms with Gasteiger partial charge in [0.05, 0.1) is 22.2 Å². The fourth-order valence-electron chi connectivity index (χ4n) is 5.08. The van der Waals surface area contributed by atoms with Crippen LogP contribution in [0, 0.1) is 11.3 Å². The van der Waals surface area contributed by atoms with Gasteiger partial charge >= 0.3 is 0 Å². The van der Waals surface area contributed by atoms with Crippen molar-refractivity contribution in [1.29, 1.82) is 5.26 Å². The van der Waals surface area contributed by atoms with Gasteiger partial charge in [0.25, 0.3) is 11.1 Å². The van der Waals surface area contributed by atoms with Gasteiger partial charge in [-0.2, -0.15) is 15.5 Å². The molecule has 2 heterocycles. The molecule has 5 aromatic carbocycles. The Bertz CT molecular complexity index is 2180. The quantitative estimate of drug-likeness (QED) is 0.219. The van der Waals surface area contributed by atoms with E-state index in [1.54, 1.807) is 54.6 Å². The number of nitrogens with zero attached hydrogens (tertiary/aromatic N) is 3. The summed E-state index contributed by atoms with van der Waals surface area (Å²) in [7, 11) is 0. The van der Waals surface area contributed by atoms with Crippen molar-refractivity contribution in [2.24, 2.45) is 0 Å². The van der Waals surface area contributed by atoms with Gasteiger partial charge in [-0.05, 0) is 72.8 Å². The summed E-state index contributed by atoms with van der Waals surface area (Å²) in [5.74, 6) is 1.71. The second-order valence-electron chi connectivity index (χ2n) is 9.89. The van der Waals surface area contributed by atoms with E-state index in [1.807, 2.05) is 60.7 Å². The summed E-state index contributed by atoms with van der Waals surface area (Å²) in [6, 6.07) is 36.4. The van der Waals surface area contributed by atoms with Crippen molar-refractivity contribution >= 4 is 21.5 Å². The minimum Gasteiger partial charge on any atom is -0.456 e. The molecular formula is C35H21N5O4. The predicted molar refractivity (Wildman–Crippen MR) is 167 cm³/mol. The summed E-state index contributed by atoms with van der Waals surface area (Å²) in [6.07, 6.45) is 0. The predicted octanol–water partition coefficient (Wildman–Crippen LogP) is 6.95. The molecular weight excluding hydrogens is 554 g/mol. The van der Waals surface area contributed by atoms with E-state index in [9.17, 15) is 14.9 Å². The second kappa shape index (κ2) is 11.0. The van der Waals surface area contributed by atoms with Crippen molar-refractivity contribution in [3.05, 3.63) is 142 Å². The van der Waals surface area contributed by atoms with Crippen LogP contribution in [0.25, 0.3) is 44.1 Å². The molecule has 7 rings (SSSR count). The molecule has 0 radical (unpaired) electrons. The van der Waals surface area contributed by atoms with E-state index < -0.39 is 0 Å². The summed E-state index contributed by atoms with van der Waals surface area (Å²) in [6.45, 7) is 0. The van der Waals surface area contributed by atoms with Crippen molar-refractivity contribution < 1.29 is 9.47 Å². The molecule has 0 spiro atoms. The molecule has 9 nitrogen and oxygen atoms in total. The average Bonchev–Trinajstić information content (AvgIpc) is 3.07. The lowest BCUT2D eigenvalue weighted by Crippen LogP contribution is -2.09. The van der Waals surface area contributed by atoms with Crippen LogP contribution in [-0.2, 0) is 0 Å². The Morgan fingerprint density at radius 1 is 0.523 bits per heavy atom. The maximum atomic E-state index is 12.2. The Balaban J connectivity index is 1.13. The maximum Gasteiger partial charge on any atom is 0.272 e. The highest BCUT2D eigenvalue weighted by Gasteiger charge is 2.14. The summed E-state index contributed by atoms with van der Waals surface area (Å²) in [4.78, 5) is 24.3. The van der Waals surface area contributed by atoms with E-state index in [2.05, 4.69) is 26.5 Å². The molecule has 0 saturated heterocycles. The third-order valence-electron chi connectivity index (χ3n) is 7.20. The normalized spacial score (nSPS) is 10.9. The van der Waals surface area contributed by atoms with Gasteiger partial charge in [-0.25, -0.2) is 10.2 Å². The second-order valence-corrected chi connectivity index (χ2v) is 9.89. The fourth-order valence-corrected chi connectivity index (χ4v) is 5.08. The van der Waals surface area contributed by atoms with E-state index in [4.69, 9.17) is 9.47 Å².